The Kier molecular flexibility index (Phi) is 5.45. The maximum absolute atomic E-state index is 13.7. The van der Waals surface area contributed by atoms with E-state index in [4.69, 9.17) is 20.8 Å². The smallest absolute Gasteiger partial charge is 0.420 e. The lowest BCUT2D eigenvalue weighted by atomic mass is 9.34. The van der Waals surface area contributed by atoms with Gasteiger partial charge in [-0.15, -0.1) is 23.4 Å². The molecule has 0 atom stereocenters. The molecule has 13 heteroatoms. The molecular weight excluding hydrogens is 486 g/mol. The minimum atomic E-state index is -4.70. The third-order valence-electron chi connectivity index (χ3n) is 6.61. The van der Waals surface area contributed by atoms with E-state index in [1.165, 1.54) is 12.1 Å². The Bertz CT molecular complexity index is 1130. The Morgan fingerprint density at radius 2 is 1.88 bits per heavy atom. The molecule has 182 valence electrons. The zero-order valence-corrected chi connectivity index (χ0v) is 18.2. The molecule has 1 aromatic heterocycles. The maximum atomic E-state index is 13.7. The van der Waals surface area contributed by atoms with Gasteiger partial charge >= 0.3 is 6.36 Å². The molecule has 4 aliphatic rings. The van der Waals surface area contributed by atoms with Crippen LogP contribution in [0.1, 0.15) is 38.0 Å². The first-order valence-corrected chi connectivity index (χ1v) is 10.8. The van der Waals surface area contributed by atoms with E-state index in [2.05, 4.69) is 20.3 Å². The number of carbonyl (C=O) groups is 2. The van der Waals surface area contributed by atoms with E-state index in [0.29, 0.717) is 30.7 Å². The van der Waals surface area contributed by atoms with Crippen molar-refractivity contribution in [2.75, 3.05) is 6.61 Å². The number of carbonyl (C=O) groups excluding carboxylic acids is 2. The summed E-state index contributed by atoms with van der Waals surface area (Å²) in [5.74, 6) is -1.22. The van der Waals surface area contributed by atoms with Gasteiger partial charge in [-0.2, -0.15) is 0 Å². The van der Waals surface area contributed by atoms with Crippen LogP contribution in [-0.2, 0) is 24.5 Å². The van der Waals surface area contributed by atoms with Gasteiger partial charge in [-0.05, 0) is 37.5 Å². The highest BCUT2D eigenvalue weighted by atomic mass is 35.5. The third-order valence-corrected chi connectivity index (χ3v) is 6.92. The average Bonchev–Trinajstić information content (AvgIpc) is 3.12. The molecule has 0 radical (unpaired) electrons. The second-order valence-corrected chi connectivity index (χ2v) is 9.51. The number of amides is 2. The number of benzene rings is 1. The van der Waals surface area contributed by atoms with Crippen molar-refractivity contribution in [1.29, 1.82) is 0 Å². The molecule has 2 amide bonds. The highest BCUT2D eigenvalue weighted by Crippen LogP contribution is 2.73. The number of hydrogen-bond donors (Lipinski definition) is 1. The number of nitrogens with one attached hydrogen (secondary N) is 1. The molecular formula is C21H18ClF4N3O5. The van der Waals surface area contributed by atoms with Crippen molar-refractivity contribution in [3.63, 3.8) is 0 Å². The van der Waals surface area contributed by atoms with Crippen molar-refractivity contribution in [2.24, 2.45) is 5.41 Å². The first-order valence-electron chi connectivity index (χ1n) is 10.5. The SMILES string of the molecule is O=C(COC1CC(OC(F)(F)F)C1)NC(=O)C12CC(c3nnc(-c4ccc(Cl)c(F)c4)o3)(C1)C2. The van der Waals surface area contributed by atoms with E-state index >= 15 is 0 Å². The molecule has 6 rings (SSSR count). The molecule has 1 aromatic carbocycles. The van der Waals surface area contributed by atoms with Crippen LogP contribution in [0, 0.1) is 11.2 Å². The van der Waals surface area contributed by atoms with Crippen LogP contribution in [0.15, 0.2) is 22.6 Å². The lowest BCUT2D eigenvalue weighted by molar-refractivity contribution is -0.357. The van der Waals surface area contributed by atoms with Crippen LogP contribution >= 0.6 is 11.6 Å². The number of rotatable bonds is 7. The number of alkyl halides is 3. The molecule has 0 spiro atoms. The summed E-state index contributed by atoms with van der Waals surface area (Å²) in [6.07, 6.45) is -4.86. The van der Waals surface area contributed by atoms with Crippen molar-refractivity contribution in [3.05, 3.63) is 34.9 Å². The first kappa shape index (κ1) is 23.2. The summed E-state index contributed by atoms with van der Waals surface area (Å²) in [4.78, 5) is 24.6. The summed E-state index contributed by atoms with van der Waals surface area (Å²) in [7, 11) is 0. The number of aromatic nitrogens is 2. The lowest BCUT2D eigenvalue weighted by Crippen LogP contribution is -2.70. The number of halogens is 5. The van der Waals surface area contributed by atoms with Crippen molar-refractivity contribution >= 4 is 23.4 Å². The molecule has 8 nitrogen and oxygen atoms in total. The summed E-state index contributed by atoms with van der Waals surface area (Å²) < 4.78 is 64.8. The highest BCUT2D eigenvalue weighted by molar-refractivity contribution is 6.30. The molecule has 1 N–H and O–H groups in total. The van der Waals surface area contributed by atoms with Crippen molar-refractivity contribution in [1.82, 2.24) is 15.5 Å². The minimum Gasteiger partial charge on any atom is -0.420 e. The van der Waals surface area contributed by atoms with Crippen molar-refractivity contribution in [3.8, 4) is 11.5 Å². The predicted octanol–water partition coefficient (Wildman–Crippen LogP) is 3.68. The van der Waals surface area contributed by atoms with Gasteiger partial charge < -0.3 is 9.15 Å². The van der Waals surface area contributed by atoms with E-state index in [9.17, 15) is 27.2 Å². The normalized spacial score (nSPS) is 29.6. The van der Waals surface area contributed by atoms with E-state index < -0.39 is 53.6 Å². The van der Waals surface area contributed by atoms with Crippen LogP contribution < -0.4 is 5.32 Å². The maximum Gasteiger partial charge on any atom is 0.522 e. The Hall–Kier alpha value is -2.57. The summed E-state index contributed by atoms with van der Waals surface area (Å²) in [6, 6.07) is 4.13. The molecule has 4 saturated carbocycles. The average molecular weight is 504 g/mol. The molecule has 2 bridgehead atoms. The summed E-state index contributed by atoms with van der Waals surface area (Å²) in [5, 5.41) is 10.3. The fourth-order valence-electron chi connectivity index (χ4n) is 4.87. The number of hydrogen-bond acceptors (Lipinski definition) is 7. The first-order chi connectivity index (χ1) is 16.0. The number of imide groups is 1. The number of ether oxygens (including phenoxy) is 2. The van der Waals surface area contributed by atoms with Gasteiger partial charge in [0.2, 0.25) is 17.7 Å². The van der Waals surface area contributed by atoms with Crippen molar-refractivity contribution in [2.45, 2.75) is 56.1 Å². The van der Waals surface area contributed by atoms with Crippen molar-refractivity contribution < 1.29 is 41.0 Å². The summed E-state index contributed by atoms with van der Waals surface area (Å²) in [5.41, 5.74) is -0.779. The fourth-order valence-corrected chi connectivity index (χ4v) is 4.98. The van der Waals surface area contributed by atoms with E-state index in [1.54, 1.807) is 6.07 Å². The highest BCUT2D eigenvalue weighted by Gasteiger charge is 2.74. The Morgan fingerprint density at radius 1 is 1.18 bits per heavy atom. The predicted molar refractivity (Wildman–Crippen MR) is 106 cm³/mol. The molecule has 0 aliphatic heterocycles. The quantitative estimate of drug-likeness (QED) is 0.575. The van der Waals surface area contributed by atoms with Gasteiger partial charge in [-0.1, -0.05) is 11.6 Å². The zero-order valence-electron chi connectivity index (χ0n) is 17.5. The Labute approximate surface area is 194 Å². The van der Waals surface area contributed by atoms with Crippen LogP contribution in [0.5, 0.6) is 0 Å². The van der Waals surface area contributed by atoms with Crippen LogP contribution in [-0.4, -0.2) is 47.2 Å². The fraction of sp³-hybridized carbons (Fsp3) is 0.524. The molecule has 4 aliphatic carbocycles. The van der Waals surface area contributed by atoms with Crippen LogP contribution in [0.4, 0.5) is 17.6 Å². The minimum absolute atomic E-state index is 0.0248. The molecule has 2 aromatic rings. The molecule has 0 unspecified atom stereocenters. The van der Waals surface area contributed by atoms with Gasteiger partial charge in [0.25, 0.3) is 5.91 Å². The molecule has 34 heavy (non-hydrogen) atoms. The van der Waals surface area contributed by atoms with E-state index in [0.717, 1.165) is 0 Å². The van der Waals surface area contributed by atoms with Gasteiger partial charge in [0.15, 0.2) is 0 Å². The number of nitrogens with zero attached hydrogens (tertiary/aromatic N) is 2. The molecule has 4 fully saturated rings. The monoisotopic (exact) mass is 503 g/mol. The largest absolute Gasteiger partial charge is 0.522 e. The van der Waals surface area contributed by atoms with E-state index in [1.807, 2.05) is 0 Å². The molecule has 0 saturated heterocycles. The van der Waals surface area contributed by atoms with Gasteiger partial charge in [-0.3, -0.25) is 19.6 Å². The topological polar surface area (TPSA) is 104 Å². The third kappa shape index (κ3) is 4.18. The standard InChI is InChI=1S/C21H18ClF4N3O5/c22-13-2-1-10(3-14(13)23)16-28-29-18(33-16)20-7-19(8-20,9-20)17(31)27-15(30)6-32-11-4-12(5-11)34-21(24,25)26/h1-3,11-12H,4-9H2,(H,27,30,31). The lowest BCUT2D eigenvalue weighted by Gasteiger charge is -2.67. The summed E-state index contributed by atoms with van der Waals surface area (Å²) >= 11 is 5.68. The summed E-state index contributed by atoms with van der Waals surface area (Å²) in [6.45, 7) is -0.430. The van der Waals surface area contributed by atoms with Crippen LogP contribution in [0.25, 0.3) is 11.5 Å². The zero-order chi connectivity index (χ0) is 24.3. The van der Waals surface area contributed by atoms with Gasteiger partial charge in [0, 0.05) is 18.4 Å². The van der Waals surface area contributed by atoms with Crippen LogP contribution in [0.3, 0.4) is 0 Å². The second-order valence-electron chi connectivity index (χ2n) is 9.10. The Morgan fingerprint density at radius 3 is 2.53 bits per heavy atom. The van der Waals surface area contributed by atoms with Crippen LogP contribution in [0.2, 0.25) is 5.02 Å². The van der Waals surface area contributed by atoms with Gasteiger partial charge in [-0.25, -0.2) is 4.39 Å². The second kappa shape index (κ2) is 7.99. The van der Waals surface area contributed by atoms with Gasteiger partial charge in [0.05, 0.1) is 28.1 Å². The van der Waals surface area contributed by atoms with E-state index in [-0.39, 0.29) is 23.8 Å². The molecule has 1 heterocycles. The van der Waals surface area contributed by atoms with Gasteiger partial charge in [0.1, 0.15) is 12.4 Å². The Balaban J connectivity index is 1.08.